The third kappa shape index (κ3) is 18.1. The Balaban J connectivity index is 0. The predicted molar refractivity (Wildman–Crippen MR) is 37.0 cm³/mol. The molecule has 0 bridgehead atoms. The van der Waals surface area contributed by atoms with E-state index >= 15 is 0 Å². The molecule has 0 aromatic carbocycles. The van der Waals surface area contributed by atoms with Crippen LogP contribution in [0.5, 0.6) is 0 Å². The molecule has 0 saturated carbocycles. The second-order valence-electron chi connectivity index (χ2n) is 0. The van der Waals surface area contributed by atoms with E-state index < -0.39 is 0 Å². The third-order valence-corrected chi connectivity index (χ3v) is 0. The molecule has 0 aromatic rings. The number of hydrogen-bond acceptors (Lipinski definition) is 0. The molecule has 5 heteroatoms. The fourth-order valence-electron chi connectivity index (χ4n) is 0. The Labute approximate surface area is 114 Å². The Hall–Kier alpha value is 3.88. The van der Waals surface area contributed by atoms with Crippen LogP contribution in [0.1, 0.15) is 0 Å². The summed E-state index contributed by atoms with van der Waals surface area (Å²) in [5.74, 6) is 0. The van der Waals surface area contributed by atoms with Gasteiger partial charge in [-0.2, -0.15) is 0 Å². The van der Waals surface area contributed by atoms with Crippen LogP contribution in [-0.2, 0) is 21.7 Å². The topological polar surface area (TPSA) is 0 Å². The molecule has 0 heterocycles. The average Bonchev–Trinajstić information content (AvgIpc) is 0. The first-order valence-electron chi connectivity index (χ1n) is 0. The smallest absolute Gasteiger partial charge is 0 e. The molecule has 0 nitrogen and oxygen atoms in total. The van der Waals surface area contributed by atoms with Crippen molar-refractivity contribution in [2.45, 2.75) is 0 Å². The third-order valence-electron chi connectivity index (χ3n) is 0. The van der Waals surface area contributed by atoms with Crippen molar-refractivity contribution in [2.24, 2.45) is 0 Å². The van der Waals surface area contributed by atoms with Gasteiger partial charge in [-0.1, -0.05) is 0 Å². The van der Waals surface area contributed by atoms with E-state index in [-0.39, 0.29) is 117 Å². The minimum absolute atomic E-state index is 0. The van der Waals surface area contributed by atoms with Crippen LogP contribution in [-0.4, -0.2) is 95.4 Å². The van der Waals surface area contributed by atoms with Gasteiger partial charge in [0.05, 0.1) is 0 Å². The summed E-state index contributed by atoms with van der Waals surface area (Å²) in [4.78, 5) is 0. The van der Waals surface area contributed by atoms with Gasteiger partial charge in [0.25, 0.3) is 0 Å². The molecule has 0 aliphatic rings. The van der Waals surface area contributed by atoms with Crippen LogP contribution in [0, 0.1) is 0 Å². The first-order valence-corrected chi connectivity index (χ1v) is 0. The molecule has 0 N–H and O–H groups in total. The molecule has 1 atom stereocenters. The zero-order valence-electron chi connectivity index (χ0n) is 3.33. The van der Waals surface area contributed by atoms with E-state index in [2.05, 4.69) is 0 Å². The van der Waals surface area contributed by atoms with Crippen molar-refractivity contribution in [3.63, 3.8) is 0 Å². The number of hydrogen-bond donors (Lipinski definition) is 0. The maximum atomic E-state index is 0. The average molecular weight is 668 g/mol. The van der Waals surface area contributed by atoms with E-state index in [1.807, 2.05) is 0 Å². The van der Waals surface area contributed by atoms with Gasteiger partial charge in [-0.3, -0.25) is 0 Å². The van der Waals surface area contributed by atoms with Gasteiger partial charge in [-0.05, 0) is 0 Å². The fourth-order valence-corrected chi connectivity index (χ4v) is 0. The molecule has 0 amide bonds. The van der Waals surface area contributed by atoms with Gasteiger partial charge in [0, 0.05) is 21.7 Å². The zero-order valence-corrected chi connectivity index (χ0v) is 22.9. The summed E-state index contributed by atoms with van der Waals surface area (Å²) < 4.78 is 0. The van der Waals surface area contributed by atoms with E-state index in [1.165, 1.54) is 0 Å². The molecule has 4 radical (unpaired) electrons. The van der Waals surface area contributed by atoms with Gasteiger partial charge < -0.3 is 0 Å². The second kappa shape index (κ2) is 24.8. The minimum Gasteiger partial charge on any atom is 0 e. The Morgan fingerprint density at radius 1 is 1.00 bits per heavy atom. The molecule has 1 unspecified atom stereocenters. The van der Waals surface area contributed by atoms with Crippen molar-refractivity contribution in [3.8, 4) is 0 Å². The van der Waals surface area contributed by atoms with E-state index in [4.69, 9.17) is 0 Å². The van der Waals surface area contributed by atoms with E-state index in [9.17, 15) is 0 Å². The summed E-state index contributed by atoms with van der Waals surface area (Å²) >= 11 is 0. The largest absolute Gasteiger partial charge is 0 e. The Morgan fingerprint density at radius 3 is 1.00 bits per heavy atom. The molecule has 0 fully saturated rings. The van der Waals surface area contributed by atoms with Crippen molar-refractivity contribution in [3.05, 3.63) is 0 Å². The Bertz CT molecular complexity index is 11.6. The van der Waals surface area contributed by atoms with Crippen molar-refractivity contribution in [1.29, 1.82) is 0 Å². The van der Waals surface area contributed by atoms with Crippen LogP contribution in [0.3, 0.4) is 0 Å². The van der Waals surface area contributed by atoms with Crippen molar-refractivity contribution in [1.82, 2.24) is 0 Å². The van der Waals surface area contributed by atoms with Crippen LogP contribution in [0.2, 0.25) is 0 Å². The fraction of sp³-hybridized carbons (Fsp3) is 0. The molecule has 0 aliphatic carbocycles. The minimum atomic E-state index is 0. The van der Waals surface area contributed by atoms with Gasteiger partial charge in [0.15, 0.2) is 0 Å². The van der Waals surface area contributed by atoms with E-state index in [1.54, 1.807) is 0 Å². The normalized spacial score (nSPS) is 0. The molecular formula is H10AsBiPbSnTi. The van der Waals surface area contributed by atoms with Crippen molar-refractivity contribution >= 4 is 95.4 Å². The van der Waals surface area contributed by atoms with Gasteiger partial charge in [-0.25, -0.2) is 0 Å². The monoisotopic (exact) mass is 670 g/mol. The molecule has 32 valence electrons. The van der Waals surface area contributed by atoms with E-state index in [0.29, 0.717) is 0 Å². The first kappa shape index (κ1) is 36.6. The van der Waals surface area contributed by atoms with Gasteiger partial charge in [0.1, 0.15) is 0 Å². The SMILES string of the molecule is [AsH3].[BiH3].[PbH2].[SnH2].[Ti]. The van der Waals surface area contributed by atoms with Crippen LogP contribution in [0.4, 0.5) is 0 Å². The van der Waals surface area contributed by atoms with E-state index in [0.717, 1.165) is 0 Å². The molecule has 0 aliphatic heterocycles. The number of rotatable bonds is 0. The maximum absolute atomic E-state index is 0. The molecular weight excluding hydrogens is 658 g/mol. The molecule has 5 heavy (non-hydrogen) atoms. The summed E-state index contributed by atoms with van der Waals surface area (Å²) in [7, 11) is 0. The predicted octanol–water partition coefficient (Wildman–Crippen LogP) is -4.20. The van der Waals surface area contributed by atoms with Crippen molar-refractivity contribution < 1.29 is 21.7 Å². The quantitative estimate of drug-likeness (QED) is 0.230. The Morgan fingerprint density at radius 2 is 1.00 bits per heavy atom. The van der Waals surface area contributed by atoms with Gasteiger partial charge >= 0.3 is 95.4 Å². The van der Waals surface area contributed by atoms with Crippen LogP contribution in [0.25, 0.3) is 0 Å². The Kier molecular flexibility index (Phi) is 182. The summed E-state index contributed by atoms with van der Waals surface area (Å²) in [5, 5.41) is 0. The summed E-state index contributed by atoms with van der Waals surface area (Å²) in [6, 6.07) is 0. The molecule has 0 saturated heterocycles. The summed E-state index contributed by atoms with van der Waals surface area (Å²) in [6.07, 6.45) is 0. The van der Waals surface area contributed by atoms with Crippen LogP contribution < -0.4 is 0 Å². The standard InChI is InChI=1S/AsH3.Bi.Pb.Sn.Ti.7H/h1H3;;;;;;;;;;;. The maximum Gasteiger partial charge on any atom is 0 e. The molecule has 0 spiro atoms. The van der Waals surface area contributed by atoms with Crippen LogP contribution in [0.15, 0.2) is 0 Å². The van der Waals surface area contributed by atoms with Gasteiger partial charge in [-0.15, -0.1) is 0 Å². The van der Waals surface area contributed by atoms with Crippen molar-refractivity contribution in [2.75, 3.05) is 0 Å². The van der Waals surface area contributed by atoms with Gasteiger partial charge in [0.2, 0.25) is 0 Å². The molecule has 0 aromatic heterocycles. The first-order chi connectivity index (χ1) is 0. The second-order valence-corrected chi connectivity index (χ2v) is 0. The molecule has 0 rings (SSSR count). The summed E-state index contributed by atoms with van der Waals surface area (Å²) in [6.45, 7) is 0. The summed E-state index contributed by atoms with van der Waals surface area (Å²) in [5.41, 5.74) is 0. The zero-order chi connectivity index (χ0) is 0. The van der Waals surface area contributed by atoms with Crippen LogP contribution >= 0.6 is 0 Å².